The lowest BCUT2D eigenvalue weighted by atomic mass is 9.90. The van der Waals surface area contributed by atoms with Gasteiger partial charge in [0.25, 0.3) is 0 Å². The number of fused-ring (bicyclic) bond motifs is 1. The first-order valence-electron chi connectivity index (χ1n) is 12.2. The van der Waals surface area contributed by atoms with Crippen molar-refractivity contribution in [1.82, 2.24) is 0 Å². The van der Waals surface area contributed by atoms with E-state index >= 15 is 0 Å². The van der Waals surface area contributed by atoms with E-state index in [1.165, 1.54) is 24.3 Å². The second-order valence-electron chi connectivity index (χ2n) is 8.97. The van der Waals surface area contributed by atoms with Gasteiger partial charge in [0.15, 0.2) is 0 Å². The third-order valence-electron chi connectivity index (χ3n) is 6.40. The summed E-state index contributed by atoms with van der Waals surface area (Å²) in [6, 6.07) is 11.1. The van der Waals surface area contributed by atoms with Gasteiger partial charge < -0.3 is 40.9 Å². The molecule has 46 heavy (non-hydrogen) atoms. The van der Waals surface area contributed by atoms with Crippen molar-refractivity contribution in [2.75, 3.05) is 0 Å². The van der Waals surface area contributed by atoms with Crippen LogP contribution in [0, 0.1) is 0 Å². The molecule has 0 amide bonds. The van der Waals surface area contributed by atoms with Crippen LogP contribution in [-0.4, -0.2) is 88.6 Å². The summed E-state index contributed by atoms with van der Waals surface area (Å²) in [4.78, 5) is 90.3. The smallest absolute Gasteiger partial charge is 0.337 e. The second kappa shape index (κ2) is 13.0. The number of carbonyl (C=O) groups is 8. The van der Waals surface area contributed by atoms with Gasteiger partial charge in [-0.05, 0) is 46.2 Å². The summed E-state index contributed by atoms with van der Waals surface area (Å²) >= 11 is 0. The minimum Gasteiger partial charge on any atom is -0.478 e. The van der Waals surface area contributed by atoms with Crippen molar-refractivity contribution < 1.29 is 79.2 Å². The molecule has 8 N–H and O–H groups in total. The van der Waals surface area contributed by atoms with Crippen LogP contribution in [-0.2, 0) is 0 Å². The van der Waals surface area contributed by atoms with Crippen LogP contribution in [0.5, 0.6) is 0 Å². The predicted molar refractivity (Wildman–Crippen MR) is 152 cm³/mol. The quantitative estimate of drug-likeness (QED) is 0.130. The van der Waals surface area contributed by atoms with E-state index in [1.807, 2.05) is 0 Å². The summed E-state index contributed by atoms with van der Waals surface area (Å²) in [7, 11) is 0. The van der Waals surface area contributed by atoms with Gasteiger partial charge in [-0.1, -0.05) is 36.4 Å². The first-order chi connectivity index (χ1) is 21.5. The average molecular weight is 634 g/mol. The maximum absolute atomic E-state index is 11.5. The van der Waals surface area contributed by atoms with E-state index in [2.05, 4.69) is 0 Å². The maximum Gasteiger partial charge on any atom is 0.337 e. The molecule has 0 aliphatic rings. The standard InChI is InChI=1S/C16H10O8.C14H8O8/c17-13(18)9-5-1-3-7(11(9)15(21)22)8-4-2-6-10(14(19)20)12(8)16(23)24;15-11(16)7-3-1-5-6(10(7)14(21)22)2-4-8(12(17)18)9(5)13(19)20/h1-6H,(H,17,18)(H,19,20)(H,21,22)(H,23,24);1-4H,(H,15,16)(H,17,18)(H,19,20)(H,21,22). The number of hydrogen-bond donors (Lipinski definition) is 8. The Hall–Kier alpha value is -7.10. The lowest BCUT2D eigenvalue weighted by Gasteiger charge is -2.13. The number of benzene rings is 4. The van der Waals surface area contributed by atoms with Gasteiger partial charge in [-0.2, -0.15) is 0 Å². The zero-order valence-corrected chi connectivity index (χ0v) is 22.6. The van der Waals surface area contributed by atoms with Gasteiger partial charge >= 0.3 is 47.8 Å². The SMILES string of the molecule is O=C(O)c1ccc2c(C(=O)O)c(C(=O)O)ccc2c1C(=O)O.O=C(O)c1cccc(-c2cccc(C(=O)O)c2C(=O)O)c1C(=O)O. The van der Waals surface area contributed by atoms with E-state index in [-0.39, 0.29) is 21.9 Å². The maximum atomic E-state index is 11.5. The van der Waals surface area contributed by atoms with E-state index in [4.69, 9.17) is 20.4 Å². The Morgan fingerprint density at radius 3 is 0.804 bits per heavy atom. The van der Waals surface area contributed by atoms with Gasteiger partial charge in [0.2, 0.25) is 0 Å². The Labute approximate surface area is 254 Å². The molecule has 4 rings (SSSR count). The van der Waals surface area contributed by atoms with E-state index in [0.29, 0.717) is 0 Å². The highest BCUT2D eigenvalue weighted by molar-refractivity contribution is 6.18. The van der Waals surface area contributed by atoms with Crippen molar-refractivity contribution in [3.63, 3.8) is 0 Å². The largest absolute Gasteiger partial charge is 0.478 e. The fourth-order valence-electron chi connectivity index (χ4n) is 4.59. The molecule has 0 heterocycles. The van der Waals surface area contributed by atoms with Crippen molar-refractivity contribution >= 4 is 58.5 Å². The van der Waals surface area contributed by atoms with E-state index < -0.39 is 92.3 Å². The molecule has 0 spiro atoms. The Morgan fingerprint density at radius 1 is 0.304 bits per heavy atom. The molecule has 16 nitrogen and oxygen atoms in total. The summed E-state index contributed by atoms with van der Waals surface area (Å²) in [6.45, 7) is 0. The van der Waals surface area contributed by atoms with Crippen molar-refractivity contribution in [1.29, 1.82) is 0 Å². The lowest BCUT2D eigenvalue weighted by Crippen LogP contribution is -2.13. The highest BCUT2D eigenvalue weighted by atomic mass is 16.4. The molecule has 16 heteroatoms. The van der Waals surface area contributed by atoms with Crippen LogP contribution >= 0.6 is 0 Å². The number of hydrogen-bond acceptors (Lipinski definition) is 8. The third kappa shape index (κ3) is 6.30. The Bertz CT molecular complexity index is 1880. The number of rotatable bonds is 9. The number of carboxylic acids is 8. The molecule has 0 aromatic heterocycles. The van der Waals surface area contributed by atoms with Gasteiger partial charge in [0.05, 0.1) is 44.5 Å². The predicted octanol–water partition coefficient (Wildman–Crippen LogP) is 3.78. The molecule has 0 unspecified atom stereocenters. The van der Waals surface area contributed by atoms with E-state index in [9.17, 15) is 58.8 Å². The summed E-state index contributed by atoms with van der Waals surface area (Å²) in [6.07, 6.45) is 0. The van der Waals surface area contributed by atoms with Crippen molar-refractivity contribution in [3.8, 4) is 11.1 Å². The number of carboxylic acid groups (broad SMARTS) is 8. The van der Waals surface area contributed by atoms with Crippen LogP contribution in [0.15, 0.2) is 60.7 Å². The van der Waals surface area contributed by atoms with Crippen LogP contribution in [0.3, 0.4) is 0 Å². The molecule has 0 saturated carbocycles. The normalized spacial score (nSPS) is 10.3. The Balaban J connectivity index is 0.000000251. The summed E-state index contributed by atoms with van der Waals surface area (Å²) in [5.41, 5.74) is -4.89. The van der Waals surface area contributed by atoms with Gasteiger partial charge in [0.1, 0.15) is 0 Å². The zero-order chi connectivity index (χ0) is 34.6. The molecule has 0 atom stereocenters. The summed E-state index contributed by atoms with van der Waals surface area (Å²) < 4.78 is 0. The molecule has 0 bridgehead atoms. The van der Waals surface area contributed by atoms with Crippen LogP contribution in [0.2, 0.25) is 0 Å². The summed E-state index contributed by atoms with van der Waals surface area (Å²) in [5, 5.41) is 73.1. The minimum absolute atomic E-state index is 0.158. The van der Waals surface area contributed by atoms with Crippen LogP contribution in [0.4, 0.5) is 0 Å². The van der Waals surface area contributed by atoms with Crippen LogP contribution in [0.25, 0.3) is 21.9 Å². The fourth-order valence-corrected chi connectivity index (χ4v) is 4.59. The molecule has 234 valence electrons. The van der Waals surface area contributed by atoms with E-state index in [0.717, 1.165) is 36.4 Å². The van der Waals surface area contributed by atoms with Gasteiger partial charge in [-0.3, -0.25) is 0 Å². The number of aromatic carboxylic acids is 8. The van der Waals surface area contributed by atoms with Crippen LogP contribution in [0.1, 0.15) is 82.9 Å². The molecular formula is C30H18O16. The lowest BCUT2D eigenvalue weighted by molar-refractivity contribution is 0.0650. The topological polar surface area (TPSA) is 298 Å². The second-order valence-corrected chi connectivity index (χ2v) is 8.97. The zero-order valence-electron chi connectivity index (χ0n) is 22.6. The van der Waals surface area contributed by atoms with Crippen molar-refractivity contribution in [2.45, 2.75) is 0 Å². The molecule has 4 aromatic rings. The molecular weight excluding hydrogens is 616 g/mol. The average Bonchev–Trinajstić information content (AvgIpc) is 2.98. The molecule has 0 saturated heterocycles. The molecule has 0 aliphatic carbocycles. The van der Waals surface area contributed by atoms with Gasteiger partial charge in [-0.15, -0.1) is 0 Å². The van der Waals surface area contributed by atoms with Crippen molar-refractivity contribution in [2.24, 2.45) is 0 Å². The summed E-state index contributed by atoms with van der Waals surface area (Å²) in [5.74, 6) is -12.2. The van der Waals surface area contributed by atoms with Crippen LogP contribution < -0.4 is 0 Å². The third-order valence-corrected chi connectivity index (χ3v) is 6.40. The highest BCUT2D eigenvalue weighted by Gasteiger charge is 2.27. The van der Waals surface area contributed by atoms with Gasteiger partial charge in [-0.25, -0.2) is 38.4 Å². The van der Waals surface area contributed by atoms with Crippen molar-refractivity contribution in [3.05, 3.63) is 105 Å². The Kier molecular flexibility index (Phi) is 9.47. The van der Waals surface area contributed by atoms with Gasteiger partial charge in [0, 0.05) is 0 Å². The first kappa shape index (κ1) is 33.4. The Morgan fingerprint density at radius 2 is 0.565 bits per heavy atom. The molecule has 0 fully saturated rings. The first-order valence-corrected chi connectivity index (χ1v) is 12.2. The van der Waals surface area contributed by atoms with E-state index in [1.54, 1.807) is 0 Å². The highest BCUT2D eigenvalue weighted by Crippen LogP contribution is 2.32. The molecule has 0 aliphatic heterocycles. The monoisotopic (exact) mass is 634 g/mol. The minimum atomic E-state index is -1.57. The molecule has 4 aromatic carbocycles. The molecule has 0 radical (unpaired) electrons. The fraction of sp³-hybridized carbons (Fsp3) is 0.